The van der Waals surface area contributed by atoms with E-state index in [-0.39, 0.29) is 11.4 Å². The van der Waals surface area contributed by atoms with Crippen LogP contribution in [-0.2, 0) is 0 Å². The van der Waals surface area contributed by atoms with Crippen LogP contribution < -0.4 is 15.0 Å². The van der Waals surface area contributed by atoms with E-state index in [1.54, 1.807) is 51.5 Å². The summed E-state index contributed by atoms with van der Waals surface area (Å²) in [5.41, 5.74) is 3.11. The third-order valence-electron chi connectivity index (χ3n) is 5.07. The first-order valence-corrected chi connectivity index (χ1v) is 9.96. The summed E-state index contributed by atoms with van der Waals surface area (Å²) in [6, 6.07) is 20.5. The van der Waals surface area contributed by atoms with Crippen molar-refractivity contribution in [3.8, 4) is 28.4 Å². The lowest BCUT2D eigenvalue weighted by Crippen LogP contribution is -2.19. The molecule has 1 heterocycles. The molecule has 0 aliphatic carbocycles. The molecule has 0 radical (unpaired) electrons. The van der Waals surface area contributed by atoms with Gasteiger partial charge in [-0.15, -0.1) is 0 Å². The second kappa shape index (κ2) is 8.93. The van der Waals surface area contributed by atoms with Crippen LogP contribution >= 0.6 is 0 Å². The van der Waals surface area contributed by atoms with Gasteiger partial charge in [0.2, 0.25) is 0 Å². The molecule has 0 aliphatic heterocycles. The van der Waals surface area contributed by atoms with Gasteiger partial charge in [-0.1, -0.05) is 30.3 Å². The van der Waals surface area contributed by atoms with Gasteiger partial charge in [-0.05, 0) is 43.3 Å². The minimum atomic E-state index is -0.375. The summed E-state index contributed by atoms with van der Waals surface area (Å²) < 4.78 is 25.5. The summed E-state index contributed by atoms with van der Waals surface area (Å²) in [6.45, 7) is 1.77. The Morgan fingerprint density at radius 3 is 2.34 bits per heavy atom. The number of halogens is 1. The number of H-pyrrole nitrogens is 1. The van der Waals surface area contributed by atoms with Crippen LogP contribution in [0.5, 0.6) is 11.5 Å². The molecule has 6 nitrogen and oxygen atoms in total. The molecule has 0 fully saturated rings. The van der Waals surface area contributed by atoms with Crippen molar-refractivity contribution < 1.29 is 13.9 Å². The molecule has 4 rings (SSSR count). The van der Waals surface area contributed by atoms with Gasteiger partial charge >= 0.3 is 0 Å². The molecule has 1 N–H and O–H groups in total. The number of hydrogen-bond donors (Lipinski definition) is 1. The lowest BCUT2D eigenvalue weighted by atomic mass is 10.1. The van der Waals surface area contributed by atoms with Crippen LogP contribution in [0.25, 0.3) is 16.9 Å². The monoisotopic (exact) mass is 431 g/mol. The highest BCUT2D eigenvalue weighted by Gasteiger charge is 2.20. The number of aromatic nitrogens is 2. The van der Waals surface area contributed by atoms with Crippen molar-refractivity contribution in [3.63, 3.8) is 0 Å². The fraction of sp³-hybridized carbons (Fsp3) is 0.120. The number of nitrogens with zero attached hydrogens (tertiary/aromatic N) is 2. The SMILES string of the molecule is COc1ccc(OC)c(N=C(C)c2c(-c3ccccc3)[nH]n(-c3ccc(F)cc3)c2=O)c1. The highest BCUT2D eigenvalue weighted by Crippen LogP contribution is 2.32. The average molecular weight is 431 g/mol. The molecule has 0 bridgehead atoms. The molecule has 0 saturated carbocycles. The van der Waals surface area contributed by atoms with Crippen LogP contribution in [0.3, 0.4) is 0 Å². The van der Waals surface area contributed by atoms with Crippen LogP contribution in [0.1, 0.15) is 12.5 Å². The first-order chi connectivity index (χ1) is 15.5. The highest BCUT2D eigenvalue weighted by molar-refractivity contribution is 6.05. The van der Waals surface area contributed by atoms with Crippen LogP contribution in [0.15, 0.2) is 82.6 Å². The van der Waals surface area contributed by atoms with Gasteiger partial charge in [0.25, 0.3) is 5.56 Å². The lowest BCUT2D eigenvalue weighted by Gasteiger charge is -2.08. The van der Waals surface area contributed by atoms with Gasteiger partial charge in [0.15, 0.2) is 0 Å². The van der Waals surface area contributed by atoms with E-state index in [1.165, 1.54) is 16.8 Å². The highest BCUT2D eigenvalue weighted by atomic mass is 19.1. The minimum absolute atomic E-state index is 0.293. The van der Waals surface area contributed by atoms with Crippen molar-refractivity contribution in [2.24, 2.45) is 4.99 Å². The van der Waals surface area contributed by atoms with Gasteiger partial charge < -0.3 is 9.47 Å². The van der Waals surface area contributed by atoms with Crippen molar-refractivity contribution in [1.82, 2.24) is 9.78 Å². The van der Waals surface area contributed by atoms with E-state index in [0.717, 1.165) is 5.56 Å². The normalized spacial score (nSPS) is 11.4. The number of nitrogens with one attached hydrogen (secondary N) is 1. The van der Waals surface area contributed by atoms with Gasteiger partial charge in [0.05, 0.1) is 36.9 Å². The molecule has 7 heteroatoms. The second-order valence-electron chi connectivity index (χ2n) is 7.08. The molecule has 0 unspecified atom stereocenters. The fourth-order valence-corrected chi connectivity index (χ4v) is 3.48. The quantitative estimate of drug-likeness (QED) is 0.431. The van der Waals surface area contributed by atoms with Crippen LogP contribution in [0, 0.1) is 5.82 Å². The average Bonchev–Trinajstić information content (AvgIpc) is 3.17. The minimum Gasteiger partial charge on any atom is -0.497 e. The summed E-state index contributed by atoms with van der Waals surface area (Å²) in [4.78, 5) is 18.2. The molecule has 0 amide bonds. The maximum Gasteiger partial charge on any atom is 0.280 e. The smallest absolute Gasteiger partial charge is 0.280 e. The van der Waals surface area contributed by atoms with Gasteiger partial charge in [0, 0.05) is 11.6 Å². The van der Waals surface area contributed by atoms with Crippen molar-refractivity contribution in [2.45, 2.75) is 6.92 Å². The molecule has 1 aromatic heterocycles. The van der Waals surface area contributed by atoms with Crippen molar-refractivity contribution in [2.75, 3.05) is 14.2 Å². The van der Waals surface area contributed by atoms with Crippen molar-refractivity contribution >= 4 is 11.4 Å². The maximum absolute atomic E-state index is 13.5. The molecular weight excluding hydrogens is 409 g/mol. The van der Waals surface area contributed by atoms with Crippen LogP contribution in [0.2, 0.25) is 0 Å². The Morgan fingerprint density at radius 1 is 0.969 bits per heavy atom. The van der Waals surface area contributed by atoms with Crippen molar-refractivity contribution in [1.29, 1.82) is 0 Å². The number of hydrogen-bond acceptors (Lipinski definition) is 4. The Kier molecular flexibility index (Phi) is 5.89. The zero-order valence-corrected chi connectivity index (χ0v) is 17.9. The third kappa shape index (κ3) is 4.05. The predicted octanol–water partition coefficient (Wildman–Crippen LogP) is 5.13. The first-order valence-electron chi connectivity index (χ1n) is 9.96. The molecule has 0 atom stereocenters. The summed E-state index contributed by atoms with van der Waals surface area (Å²) in [5.74, 6) is 0.805. The molecule has 0 saturated heterocycles. The predicted molar refractivity (Wildman–Crippen MR) is 123 cm³/mol. The third-order valence-corrected chi connectivity index (χ3v) is 5.07. The standard InChI is InChI=1S/C25H22FN3O3/c1-16(27-21-15-20(31-2)13-14-22(21)32-3)23-24(17-7-5-4-6-8-17)28-29(25(23)30)19-11-9-18(26)10-12-19/h4-15,28H,1-3H3. The Morgan fingerprint density at radius 2 is 1.69 bits per heavy atom. The number of ether oxygens (including phenoxy) is 2. The fourth-order valence-electron chi connectivity index (χ4n) is 3.48. The Hall–Kier alpha value is -4.13. The molecule has 162 valence electrons. The van der Waals surface area contributed by atoms with Crippen LogP contribution in [-0.4, -0.2) is 29.7 Å². The molecule has 32 heavy (non-hydrogen) atoms. The van der Waals surface area contributed by atoms with E-state index in [9.17, 15) is 9.18 Å². The number of methoxy groups -OCH3 is 2. The second-order valence-corrected chi connectivity index (χ2v) is 7.08. The van der Waals surface area contributed by atoms with Gasteiger partial charge in [-0.2, -0.15) is 0 Å². The summed E-state index contributed by atoms with van der Waals surface area (Å²) >= 11 is 0. The number of rotatable bonds is 6. The topological polar surface area (TPSA) is 68.6 Å². The van der Waals surface area contributed by atoms with Gasteiger partial charge in [0.1, 0.15) is 23.0 Å². The van der Waals surface area contributed by atoms with E-state index >= 15 is 0 Å². The van der Waals surface area contributed by atoms with E-state index in [4.69, 9.17) is 14.5 Å². The molecular formula is C25H22FN3O3. The van der Waals surface area contributed by atoms with E-state index in [2.05, 4.69) is 5.10 Å². The van der Waals surface area contributed by atoms with Gasteiger partial charge in [-0.25, -0.2) is 14.1 Å². The number of aromatic amines is 1. The van der Waals surface area contributed by atoms with Crippen molar-refractivity contribution in [3.05, 3.63) is 94.5 Å². The Bertz CT molecular complexity index is 1320. The Labute approximate surface area is 184 Å². The number of aliphatic imine (C=N–C) groups is 1. The Balaban J connectivity index is 1.92. The van der Waals surface area contributed by atoms with Gasteiger partial charge in [-0.3, -0.25) is 9.89 Å². The number of benzene rings is 3. The molecule has 0 aliphatic rings. The lowest BCUT2D eigenvalue weighted by molar-refractivity contribution is 0.404. The summed E-state index contributed by atoms with van der Waals surface area (Å²) in [5, 5.41) is 3.16. The molecule has 4 aromatic rings. The first kappa shape index (κ1) is 21.1. The van der Waals surface area contributed by atoms with E-state index < -0.39 is 0 Å². The van der Waals surface area contributed by atoms with E-state index in [0.29, 0.717) is 39.8 Å². The zero-order chi connectivity index (χ0) is 22.7. The van der Waals surface area contributed by atoms with E-state index in [1.807, 2.05) is 30.3 Å². The zero-order valence-electron chi connectivity index (χ0n) is 17.9. The summed E-state index contributed by atoms with van der Waals surface area (Å²) in [6.07, 6.45) is 0. The molecule has 0 spiro atoms. The maximum atomic E-state index is 13.5. The van der Waals surface area contributed by atoms with Crippen LogP contribution in [0.4, 0.5) is 10.1 Å². The largest absolute Gasteiger partial charge is 0.497 e. The summed E-state index contributed by atoms with van der Waals surface area (Å²) in [7, 11) is 3.13. The molecule has 3 aromatic carbocycles.